The Morgan fingerprint density at radius 2 is 1.92 bits per heavy atom. The highest BCUT2D eigenvalue weighted by Crippen LogP contribution is 2.37. The number of hydrogen-bond acceptors (Lipinski definition) is 3. The molecule has 0 amide bonds. The molecule has 3 aromatic rings. The van der Waals surface area contributed by atoms with E-state index in [1.807, 2.05) is 53.2 Å². The van der Waals surface area contributed by atoms with Crippen LogP contribution >= 0.6 is 50.9 Å². The first kappa shape index (κ1) is 18.6. The van der Waals surface area contributed by atoms with Gasteiger partial charge in [0.1, 0.15) is 12.4 Å². The maximum Gasteiger partial charge on any atom is 0.120 e. The van der Waals surface area contributed by atoms with Gasteiger partial charge in [-0.05, 0) is 30.3 Å². The van der Waals surface area contributed by atoms with Crippen molar-refractivity contribution < 1.29 is 4.74 Å². The van der Waals surface area contributed by atoms with Crippen LogP contribution in [0.2, 0.25) is 10.0 Å². The molecule has 0 aliphatic carbocycles. The Bertz CT molecular complexity index is 809. The molecule has 1 aromatic heterocycles. The summed E-state index contributed by atoms with van der Waals surface area (Å²) in [5, 5.41) is 1.41. The van der Waals surface area contributed by atoms with Gasteiger partial charge in [-0.15, -0.1) is 11.8 Å². The number of benzene rings is 2. The number of aromatic nitrogens is 2. The number of imidazole rings is 1. The number of thioether (sulfide) groups is 1. The molecule has 3 nitrogen and oxygen atoms in total. The Balaban J connectivity index is 1.75. The number of ether oxygens (including phenoxy) is 1. The molecule has 130 valence electrons. The SMILES string of the molecule is Clc1cccc(Cl)c1SC(COc1cccc(Br)c1)Cn1ccnc1. The molecule has 25 heavy (non-hydrogen) atoms. The highest BCUT2D eigenvalue weighted by atomic mass is 79.9. The lowest BCUT2D eigenvalue weighted by Gasteiger charge is -2.19. The van der Waals surface area contributed by atoms with Crippen molar-refractivity contribution >= 4 is 50.9 Å². The zero-order valence-corrected chi connectivity index (χ0v) is 17.0. The molecular formula is C18H15BrCl2N2OS. The molecule has 1 unspecified atom stereocenters. The molecule has 3 rings (SSSR count). The van der Waals surface area contributed by atoms with E-state index in [9.17, 15) is 0 Å². The molecule has 1 atom stereocenters. The molecule has 0 saturated heterocycles. The van der Waals surface area contributed by atoms with E-state index >= 15 is 0 Å². The number of nitrogens with zero attached hydrogens (tertiary/aromatic N) is 2. The predicted octanol–water partition coefficient (Wildman–Crippen LogP) is 6.19. The van der Waals surface area contributed by atoms with E-state index in [-0.39, 0.29) is 5.25 Å². The zero-order valence-electron chi connectivity index (χ0n) is 13.1. The van der Waals surface area contributed by atoms with Crippen molar-refractivity contribution in [2.45, 2.75) is 16.7 Å². The Hall–Kier alpha value is -1.14. The molecule has 0 bridgehead atoms. The quantitative estimate of drug-likeness (QED) is 0.395. The normalized spacial score (nSPS) is 12.1. The van der Waals surface area contributed by atoms with Gasteiger partial charge in [0.15, 0.2) is 0 Å². The van der Waals surface area contributed by atoms with Gasteiger partial charge in [0.25, 0.3) is 0 Å². The van der Waals surface area contributed by atoms with E-state index in [4.69, 9.17) is 27.9 Å². The highest BCUT2D eigenvalue weighted by molar-refractivity contribution is 9.10. The van der Waals surface area contributed by atoms with Gasteiger partial charge < -0.3 is 9.30 Å². The Kier molecular flexibility index (Phi) is 6.70. The van der Waals surface area contributed by atoms with Gasteiger partial charge >= 0.3 is 0 Å². The summed E-state index contributed by atoms with van der Waals surface area (Å²) in [6.45, 7) is 1.25. The molecule has 0 spiro atoms. The Labute approximate surface area is 169 Å². The van der Waals surface area contributed by atoms with Crippen molar-refractivity contribution in [1.82, 2.24) is 9.55 Å². The molecule has 2 aromatic carbocycles. The van der Waals surface area contributed by atoms with Gasteiger partial charge in [0.2, 0.25) is 0 Å². The highest BCUT2D eigenvalue weighted by Gasteiger charge is 2.17. The summed E-state index contributed by atoms with van der Waals surface area (Å²) in [7, 11) is 0. The third-order valence-corrected chi connectivity index (χ3v) is 6.05. The standard InChI is InChI=1S/C18H15BrCl2N2OS/c19-13-3-1-4-14(9-13)24-11-15(10-23-8-7-22-12-23)25-18-16(20)5-2-6-17(18)21/h1-9,12,15H,10-11H2. The van der Waals surface area contributed by atoms with Crippen LogP contribution in [-0.4, -0.2) is 21.4 Å². The molecule has 1 heterocycles. The molecule has 7 heteroatoms. The van der Waals surface area contributed by atoms with Gasteiger partial charge in [-0.1, -0.05) is 51.3 Å². The van der Waals surface area contributed by atoms with Crippen LogP contribution in [0, 0.1) is 0 Å². The van der Waals surface area contributed by atoms with Crippen molar-refractivity contribution in [2.24, 2.45) is 0 Å². The van der Waals surface area contributed by atoms with E-state index in [1.54, 1.807) is 24.3 Å². The molecule has 0 radical (unpaired) electrons. The van der Waals surface area contributed by atoms with E-state index < -0.39 is 0 Å². The van der Waals surface area contributed by atoms with Crippen LogP contribution in [0.4, 0.5) is 0 Å². The minimum Gasteiger partial charge on any atom is -0.492 e. The second-order valence-corrected chi connectivity index (χ2v) is 8.36. The maximum absolute atomic E-state index is 6.32. The maximum atomic E-state index is 6.32. The molecule has 0 saturated carbocycles. The fourth-order valence-electron chi connectivity index (χ4n) is 2.26. The van der Waals surface area contributed by atoms with E-state index in [0.29, 0.717) is 16.7 Å². The van der Waals surface area contributed by atoms with Gasteiger partial charge in [0.05, 0.1) is 21.6 Å². The van der Waals surface area contributed by atoms with Crippen molar-refractivity contribution in [3.05, 3.63) is 75.7 Å². The van der Waals surface area contributed by atoms with Gasteiger partial charge in [-0.3, -0.25) is 0 Å². The van der Waals surface area contributed by atoms with Crippen LogP contribution in [0.25, 0.3) is 0 Å². The smallest absolute Gasteiger partial charge is 0.120 e. The number of rotatable bonds is 7. The first-order valence-electron chi connectivity index (χ1n) is 7.56. The molecule has 0 N–H and O–H groups in total. The van der Waals surface area contributed by atoms with E-state index in [2.05, 4.69) is 20.9 Å². The monoisotopic (exact) mass is 456 g/mol. The minimum atomic E-state index is 0.116. The van der Waals surface area contributed by atoms with Crippen LogP contribution in [0.5, 0.6) is 5.75 Å². The lowest BCUT2D eigenvalue weighted by atomic mass is 10.3. The van der Waals surface area contributed by atoms with Crippen LogP contribution in [0.1, 0.15) is 0 Å². The van der Waals surface area contributed by atoms with Crippen LogP contribution in [-0.2, 0) is 6.54 Å². The number of halogens is 3. The average Bonchev–Trinajstić information content (AvgIpc) is 3.09. The second-order valence-electron chi connectivity index (χ2n) is 5.32. The third kappa shape index (κ3) is 5.42. The largest absolute Gasteiger partial charge is 0.492 e. The summed E-state index contributed by atoms with van der Waals surface area (Å²) in [5.41, 5.74) is 0. The topological polar surface area (TPSA) is 27.1 Å². The molecule has 0 aliphatic heterocycles. The first-order chi connectivity index (χ1) is 12.1. The van der Waals surface area contributed by atoms with Crippen LogP contribution in [0.15, 0.2) is 70.6 Å². The van der Waals surface area contributed by atoms with Crippen LogP contribution in [0.3, 0.4) is 0 Å². The minimum absolute atomic E-state index is 0.116. The van der Waals surface area contributed by atoms with Crippen molar-refractivity contribution in [2.75, 3.05) is 6.61 Å². The Morgan fingerprint density at radius 3 is 2.60 bits per heavy atom. The summed E-state index contributed by atoms with van der Waals surface area (Å²) in [5.74, 6) is 0.816. The van der Waals surface area contributed by atoms with Crippen LogP contribution < -0.4 is 4.74 Å². The first-order valence-corrected chi connectivity index (χ1v) is 9.99. The van der Waals surface area contributed by atoms with Crippen molar-refractivity contribution in [1.29, 1.82) is 0 Å². The summed E-state index contributed by atoms with van der Waals surface area (Å²) in [4.78, 5) is 4.97. The third-order valence-electron chi connectivity index (χ3n) is 3.41. The summed E-state index contributed by atoms with van der Waals surface area (Å²) in [6.07, 6.45) is 5.49. The molecular weight excluding hydrogens is 443 g/mol. The molecule has 0 aliphatic rings. The Morgan fingerprint density at radius 1 is 1.16 bits per heavy atom. The lowest BCUT2D eigenvalue weighted by Crippen LogP contribution is -2.20. The van der Waals surface area contributed by atoms with E-state index in [1.165, 1.54) is 0 Å². The van der Waals surface area contributed by atoms with E-state index in [0.717, 1.165) is 21.7 Å². The fraction of sp³-hybridized carbons (Fsp3) is 0.167. The predicted molar refractivity (Wildman–Crippen MR) is 108 cm³/mol. The summed E-state index contributed by atoms with van der Waals surface area (Å²) in [6, 6.07) is 13.3. The van der Waals surface area contributed by atoms with Gasteiger partial charge in [0, 0.05) is 28.3 Å². The second kappa shape index (κ2) is 8.99. The average molecular weight is 458 g/mol. The van der Waals surface area contributed by atoms with Crippen molar-refractivity contribution in [3.8, 4) is 5.75 Å². The summed E-state index contributed by atoms with van der Waals surface area (Å²) >= 11 is 17.7. The fourth-order valence-corrected chi connectivity index (χ4v) is 4.38. The summed E-state index contributed by atoms with van der Waals surface area (Å²) < 4.78 is 8.98. The van der Waals surface area contributed by atoms with Gasteiger partial charge in [-0.2, -0.15) is 0 Å². The van der Waals surface area contributed by atoms with Crippen molar-refractivity contribution in [3.63, 3.8) is 0 Å². The zero-order chi connectivity index (χ0) is 17.6. The number of hydrogen-bond donors (Lipinski definition) is 0. The molecule has 0 fully saturated rings. The van der Waals surface area contributed by atoms with Gasteiger partial charge in [-0.25, -0.2) is 4.98 Å². The lowest BCUT2D eigenvalue weighted by molar-refractivity contribution is 0.307.